The maximum atomic E-state index is 12.9. The SMILES string of the molecule is CC(C)(C)OC(=O)Nc1ccccc1N(c1ccccc1NC(=O)OC(C)(C)C)c1ccccc1NC(=O)OC(C)(C)C. The summed E-state index contributed by atoms with van der Waals surface area (Å²) in [4.78, 5) is 40.4. The molecule has 0 saturated heterocycles. The fourth-order valence-electron chi connectivity index (χ4n) is 3.95. The fourth-order valence-corrected chi connectivity index (χ4v) is 3.95. The van der Waals surface area contributed by atoms with Crippen molar-refractivity contribution in [3.63, 3.8) is 0 Å². The lowest BCUT2D eigenvalue weighted by Gasteiger charge is -2.31. The Bertz CT molecular complexity index is 1280. The molecule has 3 aromatic carbocycles. The number of ether oxygens (including phenoxy) is 3. The highest BCUT2D eigenvalue weighted by molar-refractivity contribution is 6.01. The maximum absolute atomic E-state index is 12.9. The number of benzene rings is 3. The van der Waals surface area contributed by atoms with Gasteiger partial charge >= 0.3 is 18.3 Å². The minimum atomic E-state index is -0.716. The van der Waals surface area contributed by atoms with Gasteiger partial charge in [0.2, 0.25) is 0 Å². The molecule has 0 aliphatic rings. The number of nitrogens with zero attached hydrogens (tertiary/aromatic N) is 1. The third-order valence-electron chi connectivity index (χ3n) is 5.34. The maximum Gasteiger partial charge on any atom is 0.412 e. The lowest BCUT2D eigenvalue weighted by atomic mass is 10.1. The van der Waals surface area contributed by atoms with Crippen molar-refractivity contribution >= 4 is 52.4 Å². The van der Waals surface area contributed by atoms with Gasteiger partial charge in [0.1, 0.15) is 16.8 Å². The minimum Gasteiger partial charge on any atom is -0.444 e. The summed E-state index contributed by atoms with van der Waals surface area (Å²) in [6.45, 7) is 16.0. The van der Waals surface area contributed by atoms with Crippen LogP contribution in [0.5, 0.6) is 0 Å². The second-order valence-electron chi connectivity index (χ2n) is 12.8. The van der Waals surface area contributed by atoms with Crippen LogP contribution in [0.15, 0.2) is 72.8 Å². The molecule has 0 aliphatic carbocycles. The lowest BCUT2D eigenvalue weighted by molar-refractivity contribution is 0.0624. The molecule has 3 aromatic rings. The summed E-state index contributed by atoms with van der Waals surface area (Å²) in [5.41, 5.74) is 0.731. The van der Waals surface area contributed by atoms with Crippen LogP contribution in [0.3, 0.4) is 0 Å². The van der Waals surface area contributed by atoms with Crippen LogP contribution < -0.4 is 20.9 Å². The Morgan fingerprint density at radius 3 is 0.930 bits per heavy atom. The van der Waals surface area contributed by atoms with Crippen LogP contribution in [0, 0.1) is 0 Å². The van der Waals surface area contributed by atoms with Gasteiger partial charge in [0.15, 0.2) is 0 Å². The number of nitrogens with one attached hydrogen (secondary N) is 3. The van der Waals surface area contributed by atoms with Gasteiger partial charge in [-0.1, -0.05) is 36.4 Å². The average Bonchev–Trinajstić information content (AvgIpc) is 2.83. The van der Waals surface area contributed by atoms with Crippen molar-refractivity contribution in [2.45, 2.75) is 79.1 Å². The van der Waals surface area contributed by atoms with E-state index in [1.54, 1.807) is 117 Å². The topological polar surface area (TPSA) is 118 Å². The summed E-state index contributed by atoms with van der Waals surface area (Å²) < 4.78 is 16.6. The lowest BCUT2D eigenvalue weighted by Crippen LogP contribution is -2.29. The first-order valence-corrected chi connectivity index (χ1v) is 14.0. The minimum absolute atomic E-state index is 0.427. The van der Waals surface area contributed by atoms with Crippen LogP contribution in [-0.4, -0.2) is 35.1 Å². The number of carbonyl (C=O) groups is 3. The van der Waals surface area contributed by atoms with Crippen molar-refractivity contribution in [1.82, 2.24) is 0 Å². The average molecular weight is 591 g/mol. The highest BCUT2D eigenvalue weighted by Crippen LogP contribution is 2.45. The van der Waals surface area contributed by atoms with Crippen molar-refractivity contribution in [1.29, 1.82) is 0 Å². The molecule has 0 unspecified atom stereocenters. The molecule has 0 spiro atoms. The van der Waals surface area contributed by atoms with Gasteiger partial charge in [-0.15, -0.1) is 0 Å². The van der Waals surface area contributed by atoms with E-state index in [1.165, 1.54) is 0 Å². The standard InChI is InChI=1S/C33H42N4O6/c1-31(2,3)41-28(38)34-22-16-10-13-19-25(22)37(26-20-14-11-17-23(26)35-29(39)42-32(4,5)6)27-21-15-12-18-24(27)36-30(40)43-33(7,8)9/h10-21H,1-9H3,(H,34,38)(H,35,39)(H,36,40). The van der Waals surface area contributed by atoms with E-state index in [0.717, 1.165) is 0 Å². The molecule has 0 saturated carbocycles. The van der Waals surface area contributed by atoms with Gasteiger partial charge < -0.3 is 19.1 Å². The zero-order valence-electron chi connectivity index (χ0n) is 26.3. The Labute approximate surface area is 253 Å². The molecule has 3 amide bonds. The molecular formula is C33H42N4O6. The van der Waals surface area contributed by atoms with E-state index in [-0.39, 0.29) is 0 Å². The predicted molar refractivity (Wildman–Crippen MR) is 171 cm³/mol. The van der Waals surface area contributed by atoms with Crippen molar-refractivity contribution in [2.75, 3.05) is 20.9 Å². The zero-order valence-corrected chi connectivity index (χ0v) is 26.3. The molecule has 43 heavy (non-hydrogen) atoms. The third-order valence-corrected chi connectivity index (χ3v) is 5.34. The molecule has 10 nitrogen and oxygen atoms in total. The second-order valence-corrected chi connectivity index (χ2v) is 12.8. The van der Waals surface area contributed by atoms with E-state index in [4.69, 9.17) is 14.2 Å². The molecule has 0 heterocycles. The van der Waals surface area contributed by atoms with Gasteiger partial charge in [0, 0.05) is 0 Å². The molecule has 0 aromatic heterocycles. The molecule has 0 radical (unpaired) electrons. The largest absolute Gasteiger partial charge is 0.444 e. The number of rotatable bonds is 6. The van der Waals surface area contributed by atoms with Gasteiger partial charge in [0.05, 0.1) is 34.1 Å². The molecule has 0 aliphatic heterocycles. The third kappa shape index (κ3) is 10.2. The van der Waals surface area contributed by atoms with Crippen LogP contribution in [-0.2, 0) is 14.2 Å². The van der Waals surface area contributed by atoms with Crippen LogP contribution >= 0.6 is 0 Å². The molecule has 0 atom stereocenters. The highest BCUT2D eigenvalue weighted by Gasteiger charge is 2.26. The first-order chi connectivity index (χ1) is 19.9. The first kappa shape index (κ1) is 32.8. The molecule has 10 heteroatoms. The molecule has 0 bridgehead atoms. The van der Waals surface area contributed by atoms with Crippen molar-refractivity contribution < 1.29 is 28.6 Å². The quantitative estimate of drug-likeness (QED) is 0.245. The molecule has 3 N–H and O–H groups in total. The Kier molecular flexibility index (Phi) is 9.96. The fraction of sp³-hybridized carbons (Fsp3) is 0.364. The van der Waals surface area contributed by atoms with Gasteiger partial charge in [-0.25, -0.2) is 14.4 Å². The van der Waals surface area contributed by atoms with Crippen LogP contribution in [0.1, 0.15) is 62.3 Å². The summed E-state index contributed by atoms with van der Waals surface area (Å²) in [6.07, 6.45) is -1.92. The molecule has 0 fully saturated rings. The number of hydrogen-bond donors (Lipinski definition) is 3. The van der Waals surface area contributed by atoms with E-state index >= 15 is 0 Å². The molecular weight excluding hydrogens is 548 g/mol. The Hall–Kier alpha value is -4.73. The summed E-state index contributed by atoms with van der Waals surface area (Å²) >= 11 is 0. The summed E-state index contributed by atoms with van der Waals surface area (Å²) in [6, 6.07) is 21.4. The summed E-state index contributed by atoms with van der Waals surface area (Å²) in [5.74, 6) is 0. The van der Waals surface area contributed by atoms with E-state index in [9.17, 15) is 14.4 Å². The monoisotopic (exact) mass is 590 g/mol. The highest BCUT2D eigenvalue weighted by atomic mass is 16.6. The normalized spacial score (nSPS) is 11.7. The van der Waals surface area contributed by atoms with Crippen molar-refractivity contribution in [2.24, 2.45) is 0 Å². The summed E-state index contributed by atoms with van der Waals surface area (Å²) in [7, 11) is 0. The second kappa shape index (κ2) is 13.1. The Morgan fingerprint density at radius 1 is 0.465 bits per heavy atom. The number of para-hydroxylation sites is 6. The predicted octanol–water partition coefficient (Wildman–Crippen LogP) is 9.20. The number of anilines is 6. The van der Waals surface area contributed by atoms with Gasteiger partial charge in [0.25, 0.3) is 0 Å². The summed E-state index contributed by atoms with van der Waals surface area (Å²) in [5, 5.41) is 8.53. The van der Waals surface area contributed by atoms with Gasteiger partial charge in [-0.2, -0.15) is 0 Å². The number of hydrogen-bond acceptors (Lipinski definition) is 7. The van der Waals surface area contributed by atoms with Crippen LogP contribution in [0.25, 0.3) is 0 Å². The van der Waals surface area contributed by atoms with E-state index in [2.05, 4.69) is 16.0 Å². The van der Waals surface area contributed by atoms with E-state index in [0.29, 0.717) is 34.1 Å². The first-order valence-electron chi connectivity index (χ1n) is 14.0. The van der Waals surface area contributed by atoms with Crippen LogP contribution in [0.2, 0.25) is 0 Å². The van der Waals surface area contributed by atoms with E-state index < -0.39 is 35.1 Å². The van der Waals surface area contributed by atoms with E-state index in [1.807, 2.05) is 23.1 Å². The Morgan fingerprint density at radius 2 is 0.698 bits per heavy atom. The van der Waals surface area contributed by atoms with Crippen molar-refractivity contribution in [3.05, 3.63) is 72.8 Å². The zero-order chi connectivity index (χ0) is 32.0. The smallest absolute Gasteiger partial charge is 0.412 e. The Balaban J connectivity index is 2.20. The van der Waals surface area contributed by atoms with Gasteiger partial charge in [-0.3, -0.25) is 16.0 Å². The van der Waals surface area contributed by atoms with Crippen molar-refractivity contribution in [3.8, 4) is 0 Å². The number of carbonyl (C=O) groups excluding carboxylic acids is 3. The number of amides is 3. The molecule has 3 rings (SSSR count). The van der Waals surface area contributed by atoms with Crippen LogP contribution in [0.4, 0.5) is 48.5 Å². The van der Waals surface area contributed by atoms with Gasteiger partial charge in [-0.05, 0) is 98.7 Å². The molecule has 230 valence electrons.